The third-order valence-corrected chi connectivity index (χ3v) is 4.15. The van der Waals surface area contributed by atoms with Gasteiger partial charge in [-0.15, -0.1) is 0 Å². The number of hydrogen-bond acceptors (Lipinski definition) is 2. The van der Waals surface area contributed by atoms with E-state index < -0.39 is 0 Å². The molecule has 0 spiro atoms. The van der Waals surface area contributed by atoms with Crippen molar-refractivity contribution in [2.24, 2.45) is 5.92 Å². The van der Waals surface area contributed by atoms with Gasteiger partial charge >= 0.3 is 0 Å². The lowest BCUT2D eigenvalue weighted by molar-refractivity contribution is -0.133. The zero-order chi connectivity index (χ0) is 12.1. The smallest absolute Gasteiger partial charge is 0.222 e. The van der Waals surface area contributed by atoms with E-state index in [-0.39, 0.29) is 0 Å². The quantitative estimate of drug-likeness (QED) is 0.754. The zero-order valence-electron chi connectivity index (χ0n) is 11.0. The molecule has 0 unspecified atom stereocenters. The monoisotopic (exact) mass is 239 g/mol. The summed E-state index contributed by atoms with van der Waals surface area (Å²) >= 11 is 0. The van der Waals surface area contributed by atoms with Gasteiger partial charge in [-0.05, 0) is 38.0 Å². The molecule has 2 aliphatic heterocycles. The number of piperidine rings is 1. The number of rotatable bonds is 4. The molecule has 2 aliphatic rings. The van der Waals surface area contributed by atoms with Gasteiger partial charge in [-0.3, -0.25) is 4.79 Å². The molecule has 2 atom stereocenters. The molecule has 2 fully saturated rings. The predicted octanol–water partition coefficient (Wildman–Crippen LogP) is 2.59. The molecular formula is C14H25NO2. The van der Waals surface area contributed by atoms with Crippen LogP contribution >= 0.6 is 0 Å². The highest BCUT2D eigenvalue weighted by molar-refractivity contribution is 5.76. The summed E-state index contributed by atoms with van der Waals surface area (Å²) in [5.41, 5.74) is 0. The minimum Gasteiger partial charge on any atom is -0.378 e. The number of carbonyl (C=O) groups excluding carboxylic acids is 1. The molecule has 2 heterocycles. The Balaban J connectivity index is 1.71. The highest BCUT2D eigenvalue weighted by Gasteiger charge is 2.23. The maximum absolute atomic E-state index is 12.1. The number of hydrogen-bond donors (Lipinski definition) is 0. The van der Waals surface area contributed by atoms with E-state index in [9.17, 15) is 4.79 Å². The van der Waals surface area contributed by atoms with E-state index in [0.29, 0.717) is 18.4 Å². The van der Waals surface area contributed by atoms with E-state index in [1.165, 1.54) is 25.7 Å². The Morgan fingerprint density at radius 2 is 2.24 bits per heavy atom. The molecule has 2 saturated heterocycles. The molecule has 0 N–H and O–H groups in total. The number of nitrogens with zero attached hydrogens (tertiary/aromatic N) is 1. The first-order valence-electron chi connectivity index (χ1n) is 7.19. The lowest BCUT2D eigenvalue weighted by Gasteiger charge is -2.32. The van der Waals surface area contributed by atoms with Gasteiger partial charge < -0.3 is 9.64 Å². The Labute approximate surface area is 105 Å². The number of likely N-dealkylation sites (tertiary alicyclic amines) is 1. The largest absolute Gasteiger partial charge is 0.378 e. The second-order valence-corrected chi connectivity index (χ2v) is 5.43. The van der Waals surface area contributed by atoms with Crippen molar-refractivity contribution in [1.29, 1.82) is 0 Å². The van der Waals surface area contributed by atoms with Gasteiger partial charge in [0.2, 0.25) is 5.91 Å². The van der Waals surface area contributed by atoms with Crippen LogP contribution in [-0.2, 0) is 9.53 Å². The van der Waals surface area contributed by atoms with Crippen molar-refractivity contribution in [3.05, 3.63) is 0 Å². The Kier molecular flexibility index (Phi) is 4.84. The summed E-state index contributed by atoms with van der Waals surface area (Å²) in [5.74, 6) is 1.08. The average molecular weight is 239 g/mol. The molecule has 0 radical (unpaired) electrons. The van der Waals surface area contributed by atoms with E-state index in [2.05, 4.69) is 11.8 Å². The van der Waals surface area contributed by atoms with Crippen LogP contribution in [0.4, 0.5) is 0 Å². The topological polar surface area (TPSA) is 29.5 Å². The van der Waals surface area contributed by atoms with E-state index in [0.717, 1.165) is 38.5 Å². The van der Waals surface area contributed by atoms with Gasteiger partial charge in [-0.25, -0.2) is 0 Å². The molecule has 98 valence electrons. The molecule has 0 bridgehead atoms. The maximum Gasteiger partial charge on any atom is 0.222 e. The fourth-order valence-corrected chi connectivity index (χ4v) is 2.94. The van der Waals surface area contributed by atoms with Crippen LogP contribution in [0.3, 0.4) is 0 Å². The summed E-state index contributed by atoms with van der Waals surface area (Å²) in [6.07, 6.45) is 7.95. The fraction of sp³-hybridized carbons (Fsp3) is 0.929. The molecular weight excluding hydrogens is 214 g/mol. The van der Waals surface area contributed by atoms with Crippen LogP contribution < -0.4 is 0 Å². The predicted molar refractivity (Wildman–Crippen MR) is 67.8 cm³/mol. The Bertz CT molecular complexity index is 249. The third-order valence-electron chi connectivity index (χ3n) is 4.15. The second kappa shape index (κ2) is 6.39. The number of amides is 1. The molecule has 0 aromatic carbocycles. The highest BCUT2D eigenvalue weighted by Crippen LogP contribution is 2.21. The zero-order valence-corrected chi connectivity index (χ0v) is 11.0. The Morgan fingerprint density at radius 1 is 1.35 bits per heavy atom. The van der Waals surface area contributed by atoms with Crippen LogP contribution in [0.5, 0.6) is 0 Å². The van der Waals surface area contributed by atoms with Gasteiger partial charge in [-0.1, -0.05) is 13.3 Å². The molecule has 0 aromatic heterocycles. The molecule has 1 amide bonds. The molecule has 0 aliphatic carbocycles. The standard InChI is InChI=1S/C14H25NO2/c1-2-12-5-3-9-15(11-12)14(16)8-7-13-6-4-10-17-13/h12-13H,2-11H2,1H3/t12-,13-/m0/s1. The highest BCUT2D eigenvalue weighted by atomic mass is 16.5. The molecule has 3 nitrogen and oxygen atoms in total. The van der Waals surface area contributed by atoms with Crippen molar-refractivity contribution >= 4 is 5.91 Å². The first kappa shape index (κ1) is 12.9. The SMILES string of the molecule is CC[C@H]1CCCN(C(=O)CC[C@@H]2CCCO2)C1. The van der Waals surface area contributed by atoms with Crippen LogP contribution in [0.2, 0.25) is 0 Å². The van der Waals surface area contributed by atoms with Crippen LogP contribution in [0.1, 0.15) is 51.9 Å². The van der Waals surface area contributed by atoms with Crippen LogP contribution in [-0.4, -0.2) is 36.6 Å². The van der Waals surface area contributed by atoms with Crippen molar-refractivity contribution in [2.75, 3.05) is 19.7 Å². The minimum atomic E-state index is 0.346. The summed E-state index contributed by atoms with van der Waals surface area (Å²) in [5, 5.41) is 0. The summed E-state index contributed by atoms with van der Waals surface area (Å²) in [7, 11) is 0. The van der Waals surface area contributed by atoms with Crippen molar-refractivity contribution in [2.45, 2.75) is 58.0 Å². The summed E-state index contributed by atoms with van der Waals surface area (Å²) in [6, 6.07) is 0. The Hall–Kier alpha value is -0.570. The molecule has 17 heavy (non-hydrogen) atoms. The van der Waals surface area contributed by atoms with E-state index in [1.54, 1.807) is 0 Å². The van der Waals surface area contributed by atoms with E-state index in [4.69, 9.17) is 4.74 Å². The first-order valence-corrected chi connectivity index (χ1v) is 7.19. The normalized spacial score (nSPS) is 29.6. The van der Waals surface area contributed by atoms with Crippen molar-refractivity contribution < 1.29 is 9.53 Å². The van der Waals surface area contributed by atoms with Gasteiger partial charge in [0.15, 0.2) is 0 Å². The van der Waals surface area contributed by atoms with Gasteiger partial charge in [0, 0.05) is 26.1 Å². The van der Waals surface area contributed by atoms with Crippen LogP contribution in [0.25, 0.3) is 0 Å². The van der Waals surface area contributed by atoms with Crippen molar-refractivity contribution in [3.8, 4) is 0 Å². The van der Waals surface area contributed by atoms with Gasteiger partial charge in [-0.2, -0.15) is 0 Å². The van der Waals surface area contributed by atoms with Crippen LogP contribution in [0.15, 0.2) is 0 Å². The van der Waals surface area contributed by atoms with Crippen molar-refractivity contribution in [3.63, 3.8) is 0 Å². The second-order valence-electron chi connectivity index (χ2n) is 5.43. The lowest BCUT2D eigenvalue weighted by atomic mass is 9.95. The van der Waals surface area contributed by atoms with E-state index in [1.807, 2.05) is 0 Å². The fourth-order valence-electron chi connectivity index (χ4n) is 2.94. The molecule has 0 aromatic rings. The van der Waals surface area contributed by atoms with E-state index >= 15 is 0 Å². The van der Waals surface area contributed by atoms with Crippen molar-refractivity contribution in [1.82, 2.24) is 4.90 Å². The van der Waals surface area contributed by atoms with Gasteiger partial charge in [0.05, 0.1) is 6.10 Å². The first-order chi connectivity index (χ1) is 8.29. The summed E-state index contributed by atoms with van der Waals surface area (Å²) in [6.45, 7) is 5.08. The Morgan fingerprint density at radius 3 is 2.94 bits per heavy atom. The number of carbonyl (C=O) groups is 1. The molecule has 2 rings (SSSR count). The maximum atomic E-state index is 12.1. The summed E-state index contributed by atoms with van der Waals surface area (Å²) in [4.78, 5) is 14.2. The van der Waals surface area contributed by atoms with Gasteiger partial charge in [0.25, 0.3) is 0 Å². The average Bonchev–Trinajstić information content (AvgIpc) is 2.89. The third kappa shape index (κ3) is 3.70. The minimum absolute atomic E-state index is 0.346. The van der Waals surface area contributed by atoms with Crippen LogP contribution in [0, 0.1) is 5.92 Å². The number of ether oxygens (including phenoxy) is 1. The summed E-state index contributed by atoms with van der Waals surface area (Å²) < 4.78 is 5.56. The molecule has 3 heteroatoms. The van der Waals surface area contributed by atoms with Gasteiger partial charge in [0.1, 0.15) is 0 Å². The lowest BCUT2D eigenvalue weighted by Crippen LogP contribution is -2.39. The molecule has 0 saturated carbocycles.